The minimum absolute atomic E-state index is 0.0116. The maximum atomic E-state index is 15.3. The SMILES string of the molecule is CC(C)c1nc2c(c3c1C(c1ccc(C(F)(F)F)cc1F)OC31CCOCC1)C(O)CC(C)(C)[C@H]2O. The van der Waals surface area contributed by atoms with Gasteiger partial charge in [-0.2, -0.15) is 13.2 Å². The second-order valence-corrected chi connectivity index (χ2v) is 11.2. The van der Waals surface area contributed by atoms with E-state index in [1.165, 1.54) is 0 Å². The van der Waals surface area contributed by atoms with Gasteiger partial charge < -0.3 is 19.7 Å². The number of aliphatic hydroxyl groups is 2. The van der Waals surface area contributed by atoms with Crippen molar-refractivity contribution in [1.82, 2.24) is 4.98 Å². The highest BCUT2D eigenvalue weighted by atomic mass is 19.4. The topological polar surface area (TPSA) is 71.8 Å². The number of pyridine rings is 1. The minimum Gasteiger partial charge on any atom is -0.388 e. The van der Waals surface area contributed by atoms with E-state index >= 15 is 4.39 Å². The monoisotopic (exact) mass is 509 g/mol. The molecule has 1 fully saturated rings. The summed E-state index contributed by atoms with van der Waals surface area (Å²) in [5.74, 6) is -1.17. The molecule has 2 aliphatic heterocycles. The van der Waals surface area contributed by atoms with Gasteiger partial charge in [0.2, 0.25) is 0 Å². The first-order chi connectivity index (χ1) is 16.8. The van der Waals surface area contributed by atoms with Crippen molar-refractivity contribution in [3.8, 4) is 0 Å². The van der Waals surface area contributed by atoms with Gasteiger partial charge in [-0.1, -0.05) is 33.8 Å². The number of hydrogen-bond donors (Lipinski definition) is 2. The van der Waals surface area contributed by atoms with Crippen molar-refractivity contribution in [2.24, 2.45) is 5.41 Å². The van der Waals surface area contributed by atoms with E-state index in [1.54, 1.807) is 0 Å². The lowest BCUT2D eigenvalue weighted by Gasteiger charge is -2.42. The summed E-state index contributed by atoms with van der Waals surface area (Å²) in [6.07, 6.45) is -6.39. The van der Waals surface area contributed by atoms with Gasteiger partial charge in [0.05, 0.1) is 23.0 Å². The molecule has 36 heavy (non-hydrogen) atoms. The molecule has 3 atom stereocenters. The van der Waals surface area contributed by atoms with Crippen LogP contribution in [0.25, 0.3) is 0 Å². The van der Waals surface area contributed by atoms with Gasteiger partial charge in [-0.15, -0.1) is 0 Å². The fourth-order valence-electron chi connectivity index (χ4n) is 6.02. The molecule has 2 aromatic rings. The summed E-state index contributed by atoms with van der Waals surface area (Å²) in [7, 11) is 0. The number of nitrogens with zero attached hydrogens (tertiary/aromatic N) is 1. The number of fused-ring (bicyclic) bond motifs is 4. The van der Waals surface area contributed by atoms with E-state index in [9.17, 15) is 23.4 Å². The first-order valence-corrected chi connectivity index (χ1v) is 12.3. The Kier molecular flexibility index (Phi) is 6.02. The Morgan fingerprint density at radius 1 is 1.08 bits per heavy atom. The van der Waals surface area contributed by atoms with Crippen LogP contribution in [0.15, 0.2) is 18.2 Å². The maximum absolute atomic E-state index is 15.3. The average molecular weight is 510 g/mol. The second kappa shape index (κ2) is 8.48. The molecule has 5 nitrogen and oxygen atoms in total. The number of aromatic nitrogens is 1. The average Bonchev–Trinajstić information content (AvgIpc) is 3.10. The van der Waals surface area contributed by atoms with Gasteiger partial charge in [0, 0.05) is 48.4 Å². The summed E-state index contributed by atoms with van der Waals surface area (Å²) in [4.78, 5) is 4.83. The number of aliphatic hydroxyl groups excluding tert-OH is 2. The van der Waals surface area contributed by atoms with Crippen LogP contribution in [0.5, 0.6) is 0 Å². The molecule has 0 amide bonds. The summed E-state index contributed by atoms with van der Waals surface area (Å²) in [6.45, 7) is 8.32. The smallest absolute Gasteiger partial charge is 0.388 e. The van der Waals surface area contributed by atoms with Crippen molar-refractivity contribution in [2.75, 3.05) is 13.2 Å². The second-order valence-electron chi connectivity index (χ2n) is 11.2. The Hall–Kier alpha value is -2.07. The highest BCUT2D eigenvalue weighted by Crippen LogP contribution is 2.59. The first kappa shape index (κ1) is 25.6. The fourth-order valence-corrected chi connectivity index (χ4v) is 6.02. The van der Waals surface area contributed by atoms with Gasteiger partial charge >= 0.3 is 6.18 Å². The van der Waals surface area contributed by atoms with E-state index in [0.717, 1.165) is 12.1 Å². The van der Waals surface area contributed by atoms with Gasteiger partial charge in [-0.25, -0.2) is 4.39 Å². The lowest BCUT2D eigenvalue weighted by molar-refractivity contribution is -0.138. The van der Waals surface area contributed by atoms with Gasteiger partial charge in [0.25, 0.3) is 0 Å². The molecule has 9 heteroatoms. The molecule has 5 rings (SSSR count). The van der Waals surface area contributed by atoms with E-state index < -0.39 is 46.9 Å². The Morgan fingerprint density at radius 3 is 2.33 bits per heavy atom. The summed E-state index contributed by atoms with van der Waals surface area (Å²) < 4.78 is 67.2. The Bertz CT molecular complexity index is 1190. The molecule has 2 unspecified atom stereocenters. The number of ether oxygens (including phenoxy) is 2. The third kappa shape index (κ3) is 3.86. The van der Waals surface area contributed by atoms with Crippen LogP contribution in [0.4, 0.5) is 17.6 Å². The van der Waals surface area contributed by atoms with Crippen LogP contribution in [-0.2, 0) is 21.3 Å². The van der Waals surface area contributed by atoms with Gasteiger partial charge in [-0.3, -0.25) is 4.98 Å². The quantitative estimate of drug-likeness (QED) is 0.487. The zero-order valence-electron chi connectivity index (χ0n) is 20.7. The highest BCUT2D eigenvalue weighted by Gasteiger charge is 2.54. The largest absolute Gasteiger partial charge is 0.416 e. The standard InChI is InChI=1S/C27H31F4NO4/c1-13(2)21-19-20(18-17(33)12-25(3,4)24(34)22(18)32-21)26(7-9-35-10-8-26)36-23(19)15-6-5-14(11-16(15)28)27(29,30)31/h5-6,11,13,17,23-24,33-34H,7-10,12H2,1-4H3/t17?,23?,24-/m0/s1. The predicted octanol–water partition coefficient (Wildman–Crippen LogP) is 5.98. The number of hydrogen-bond acceptors (Lipinski definition) is 5. The minimum atomic E-state index is -4.67. The normalized spacial score (nSPS) is 26.8. The van der Waals surface area contributed by atoms with Crippen LogP contribution >= 0.6 is 0 Å². The van der Waals surface area contributed by atoms with Crippen LogP contribution < -0.4 is 0 Å². The van der Waals surface area contributed by atoms with Crippen molar-refractivity contribution in [3.63, 3.8) is 0 Å². The third-order valence-electron chi connectivity index (χ3n) is 7.90. The predicted molar refractivity (Wildman–Crippen MR) is 123 cm³/mol. The molecule has 1 saturated heterocycles. The molecule has 196 valence electrons. The van der Waals surface area contributed by atoms with E-state index in [0.29, 0.717) is 66.6 Å². The Balaban J connectivity index is 1.79. The zero-order chi connectivity index (χ0) is 26.2. The third-order valence-corrected chi connectivity index (χ3v) is 7.90. The number of benzene rings is 1. The van der Waals surface area contributed by atoms with Gasteiger partial charge in [0.1, 0.15) is 18.0 Å². The first-order valence-electron chi connectivity index (χ1n) is 12.3. The van der Waals surface area contributed by atoms with E-state index in [-0.39, 0.29) is 11.5 Å². The van der Waals surface area contributed by atoms with Crippen LogP contribution in [0.3, 0.4) is 0 Å². The van der Waals surface area contributed by atoms with Crippen molar-refractivity contribution >= 4 is 0 Å². The van der Waals surface area contributed by atoms with Crippen molar-refractivity contribution in [3.05, 3.63) is 63.2 Å². The van der Waals surface area contributed by atoms with E-state index in [1.807, 2.05) is 27.7 Å². The lowest BCUT2D eigenvalue weighted by Crippen LogP contribution is -2.38. The van der Waals surface area contributed by atoms with Gasteiger partial charge in [-0.05, 0) is 35.4 Å². The highest BCUT2D eigenvalue weighted by molar-refractivity contribution is 5.55. The molecule has 1 aromatic heterocycles. The molecule has 1 spiro atoms. The van der Waals surface area contributed by atoms with Crippen molar-refractivity contribution in [1.29, 1.82) is 0 Å². The molecular formula is C27H31F4NO4. The van der Waals surface area contributed by atoms with Crippen molar-refractivity contribution in [2.45, 2.75) is 83.0 Å². The van der Waals surface area contributed by atoms with Crippen LogP contribution in [0.1, 0.15) is 110 Å². The Morgan fingerprint density at radius 2 is 1.75 bits per heavy atom. The molecule has 2 N–H and O–H groups in total. The van der Waals surface area contributed by atoms with Gasteiger partial charge in [0.15, 0.2) is 0 Å². The molecule has 1 aromatic carbocycles. The number of rotatable bonds is 2. The van der Waals surface area contributed by atoms with E-state index in [2.05, 4.69) is 0 Å². The zero-order valence-corrected chi connectivity index (χ0v) is 20.7. The molecule has 0 bridgehead atoms. The molecule has 3 aliphatic rings. The summed E-state index contributed by atoms with van der Waals surface area (Å²) in [6, 6.07) is 2.48. The molecule has 1 aliphatic carbocycles. The molecule has 3 heterocycles. The molecule has 0 radical (unpaired) electrons. The Labute approximate surface area is 207 Å². The number of halogens is 4. The van der Waals surface area contributed by atoms with Crippen molar-refractivity contribution < 1.29 is 37.2 Å². The summed E-state index contributed by atoms with van der Waals surface area (Å²) >= 11 is 0. The summed E-state index contributed by atoms with van der Waals surface area (Å²) in [5.41, 5.74) is 0.0947. The summed E-state index contributed by atoms with van der Waals surface area (Å²) in [5, 5.41) is 22.6. The number of alkyl halides is 3. The van der Waals surface area contributed by atoms with E-state index in [4.69, 9.17) is 14.5 Å². The van der Waals surface area contributed by atoms with Crippen LogP contribution in [-0.4, -0.2) is 28.4 Å². The van der Waals surface area contributed by atoms with Crippen LogP contribution in [0, 0.1) is 11.2 Å². The lowest BCUT2D eigenvalue weighted by atomic mass is 9.68. The molecule has 0 saturated carbocycles. The fraction of sp³-hybridized carbons (Fsp3) is 0.593. The molecular weight excluding hydrogens is 478 g/mol. The maximum Gasteiger partial charge on any atom is 0.416 e. The van der Waals surface area contributed by atoms with Crippen LogP contribution in [0.2, 0.25) is 0 Å².